The molecule has 0 unspecified atom stereocenters. The molecule has 0 saturated carbocycles. The van der Waals surface area contributed by atoms with Gasteiger partial charge in [-0.2, -0.15) is 0 Å². The maximum absolute atomic E-state index is 4.26. The predicted molar refractivity (Wildman–Crippen MR) is 60.9 cm³/mol. The Hall–Kier alpha value is -1.77. The number of anilines is 1. The third kappa shape index (κ3) is 2.62. The fourth-order valence-electron chi connectivity index (χ4n) is 1.06. The second-order valence-corrected chi connectivity index (χ2v) is 2.85. The molecule has 3 heteroatoms. The Morgan fingerprint density at radius 1 is 1.50 bits per heavy atom. The normalized spacial score (nSPS) is 10.1. The molecule has 0 radical (unpaired) electrons. The first-order chi connectivity index (χ1) is 6.77. The Morgan fingerprint density at radius 2 is 2.29 bits per heavy atom. The summed E-state index contributed by atoms with van der Waals surface area (Å²) < 4.78 is 0. The molecule has 0 atom stereocenters. The van der Waals surface area contributed by atoms with Gasteiger partial charge in [0.15, 0.2) is 0 Å². The first-order valence-electron chi connectivity index (χ1n) is 4.46. The molecule has 14 heavy (non-hydrogen) atoms. The van der Waals surface area contributed by atoms with Crippen molar-refractivity contribution in [2.75, 3.05) is 12.4 Å². The van der Waals surface area contributed by atoms with Gasteiger partial charge < -0.3 is 10.6 Å². The van der Waals surface area contributed by atoms with Crippen LogP contribution < -0.4 is 10.6 Å². The van der Waals surface area contributed by atoms with Crippen LogP contribution >= 0.6 is 0 Å². The summed E-state index contributed by atoms with van der Waals surface area (Å²) >= 11 is 0. The summed E-state index contributed by atoms with van der Waals surface area (Å²) in [6.45, 7) is 5.54. The van der Waals surface area contributed by atoms with Crippen molar-refractivity contribution < 1.29 is 0 Å². The largest absolute Gasteiger partial charge is 0.387 e. The van der Waals surface area contributed by atoms with Crippen LogP contribution in [-0.4, -0.2) is 12.0 Å². The third-order valence-electron chi connectivity index (χ3n) is 1.89. The lowest BCUT2D eigenvalue weighted by atomic mass is 10.2. The van der Waals surface area contributed by atoms with Gasteiger partial charge in [-0.1, -0.05) is 6.58 Å². The lowest BCUT2D eigenvalue weighted by Crippen LogP contribution is -1.94. The Balaban J connectivity index is 2.88. The van der Waals surface area contributed by atoms with Gasteiger partial charge in [-0.15, -0.1) is 0 Å². The first kappa shape index (κ1) is 10.3. The highest BCUT2D eigenvalue weighted by Gasteiger charge is 1.96. The molecule has 0 fully saturated rings. The highest BCUT2D eigenvalue weighted by atomic mass is 14.8. The third-order valence-corrected chi connectivity index (χ3v) is 1.89. The minimum Gasteiger partial charge on any atom is -0.387 e. The Kier molecular flexibility index (Phi) is 3.73. The fourth-order valence-corrected chi connectivity index (χ4v) is 1.06. The molecular formula is C11H15N3. The van der Waals surface area contributed by atoms with Crippen molar-refractivity contribution in [2.24, 2.45) is 0 Å². The van der Waals surface area contributed by atoms with E-state index >= 15 is 0 Å². The fraction of sp³-hybridized carbons (Fsp3) is 0.182. The van der Waals surface area contributed by atoms with Crippen LogP contribution in [0.3, 0.4) is 0 Å². The van der Waals surface area contributed by atoms with E-state index in [2.05, 4.69) is 22.2 Å². The zero-order valence-corrected chi connectivity index (χ0v) is 8.54. The molecule has 0 aliphatic heterocycles. The zero-order chi connectivity index (χ0) is 10.4. The molecule has 1 rings (SSSR count). The van der Waals surface area contributed by atoms with Crippen LogP contribution in [0.2, 0.25) is 0 Å². The number of nitrogens with one attached hydrogen (secondary N) is 2. The summed E-state index contributed by atoms with van der Waals surface area (Å²) in [5, 5.41) is 5.94. The van der Waals surface area contributed by atoms with E-state index < -0.39 is 0 Å². The van der Waals surface area contributed by atoms with Crippen LogP contribution in [0.4, 0.5) is 5.69 Å². The molecule has 2 N–H and O–H groups in total. The van der Waals surface area contributed by atoms with Gasteiger partial charge in [0.1, 0.15) is 0 Å². The monoisotopic (exact) mass is 189 g/mol. The Labute approximate surface area is 84.6 Å². The lowest BCUT2D eigenvalue weighted by molar-refractivity contribution is 1.17. The summed E-state index contributed by atoms with van der Waals surface area (Å²) in [4.78, 5) is 4.26. The van der Waals surface area contributed by atoms with Crippen molar-refractivity contribution in [2.45, 2.75) is 6.92 Å². The molecular weight excluding hydrogens is 174 g/mol. The van der Waals surface area contributed by atoms with Gasteiger partial charge in [-0.25, -0.2) is 0 Å². The molecule has 0 aromatic carbocycles. The van der Waals surface area contributed by atoms with E-state index in [1.165, 1.54) is 0 Å². The molecule has 1 aromatic heterocycles. The van der Waals surface area contributed by atoms with Crippen molar-refractivity contribution in [3.63, 3.8) is 0 Å². The van der Waals surface area contributed by atoms with Crippen LogP contribution in [0.25, 0.3) is 6.08 Å². The summed E-state index contributed by atoms with van der Waals surface area (Å²) in [5.41, 5.74) is 3.10. The lowest BCUT2D eigenvalue weighted by Gasteiger charge is -2.03. The molecule has 1 heterocycles. The molecule has 74 valence electrons. The minimum atomic E-state index is 1.01. The summed E-state index contributed by atoms with van der Waals surface area (Å²) in [6.07, 6.45) is 7.23. The molecule has 0 aliphatic carbocycles. The first-order valence-corrected chi connectivity index (χ1v) is 4.46. The summed E-state index contributed by atoms with van der Waals surface area (Å²) in [5.74, 6) is 0. The summed E-state index contributed by atoms with van der Waals surface area (Å²) in [6, 6.07) is 2.05. The van der Waals surface area contributed by atoms with E-state index in [0.717, 1.165) is 16.9 Å². The average Bonchev–Trinajstić information content (AvgIpc) is 2.21. The predicted octanol–water partition coefficient (Wildman–Crippen LogP) is 2.14. The van der Waals surface area contributed by atoms with Gasteiger partial charge in [0.05, 0.1) is 11.9 Å². The number of rotatable bonds is 4. The number of nitrogens with zero attached hydrogens (tertiary/aromatic N) is 1. The highest BCUT2D eigenvalue weighted by Crippen LogP contribution is 2.12. The molecule has 0 saturated heterocycles. The van der Waals surface area contributed by atoms with Crippen LogP contribution in [0, 0.1) is 6.92 Å². The SMILES string of the molecule is C=CN/C=C/c1cc(NC)cnc1C. The van der Waals surface area contributed by atoms with Gasteiger partial charge in [-0.05, 0) is 30.8 Å². The van der Waals surface area contributed by atoms with E-state index in [1.807, 2.05) is 38.5 Å². The van der Waals surface area contributed by atoms with Crippen LogP contribution in [0.15, 0.2) is 31.2 Å². The smallest absolute Gasteiger partial charge is 0.0530 e. The maximum atomic E-state index is 4.26. The van der Waals surface area contributed by atoms with Crippen LogP contribution in [0.5, 0.6) is 0 Å². The van der Waals surface area contributed by atoms with Gasteiger partial charge >= 0.3 is 0 Å². The minimum absolute atomic E-state index is 1.01. The van der Waals surface area contributed by atoms with Crippen LogP contribution in [0.1, 0.15) is 11.3 Å². The summed E-state index contributed by atoms with van der Waals surface area (Å²) in [7, 11) is 1.88. The number of hydrogen-bond acceptors (Lipinski definition) is 3. The topological polar surface area (TPSA) is 37.0 Å². The van der Waals surface area contributed by atoms with Gasteiger partial charge in [-0.3, -0.25) is 4.98 Å². The molecule has 0 bridgehead atoms. The van der Waals surface area contributed by atoms with Crippen molar-refractivity contribution in [3.8, 4) is 0 Å². The maximum Gasteiger partial charge on any atom is 0.0530 e. The zero-order valence-electron chi connectivity index (χ0n) is 8.54. The number of pyridine rings is 1. The van der Waals surface area contributed by atoms with Crippen molar-refractivity contribution in [3.05, 3.63) is 42.5 Å². The number of aromatic nitrogens is 1. The van der Waals surface area contributed by atoms with E-state index in [0.29, 0.717) is 0 Å². The van der Waals surface area contributed by atoms with Gasteiger partial charge in [0, 0.05) is 18.9 Å². The number of hydrogen-bond donors (Lipinski definition) is 2. The van der Waals surface area contributed by atoms with E-state index in [1.54, 1.807) is 6.20 Å². The molecule has 0 aliphatic rings. The van der Waals surface area contributed by atoms with Gasteiger partial charge in [0.25, 0.3) is 0 Å². The molecule has 1 aromatic rings. The quantitative estimate of drug-likeness (QED) is 0.762. The average molecular weight is 189 g/mol. The van der Waals surface area contributed by atoms with E-state index in [4.69, 9.17) is 0 Å². The van der Waals surface area contributed by atoms with Gasteiger partial charge in [0.2, 0.25) is 0 Å². The molecule has 0 amide bonds. The molecule has 3 nitrogen and oxygen atoms in total. The molecule has 0 spiro atoms. The van der Waals surface area contributed by atoms with Crippen molar-refractivity contribution in [1.29, 1.82) is 0 Å². The second kappa shape index (κ2) is 5.07. The second-order valence-electron chi connectivity index (χ2n) is 2.85. The number of aryl methyl sites for hydroxylation is 1. The standard InChI is InChI=1S/C11H15N3/c1-4-13-6-5-10-7-11(12-3)8-14-9(10)2/h4-8,12-13H,1H2,2-3H3/b6-5+. The highest BCUT2D eigenvalue weighted by molar-refractivity contribution is 5.57. The van der Waals surface area contributed by atoms with Crippen LogP contribution in [-0.2, 0) is 0 Å². The van der Waals surface area contributed by atoms with Crippen molar-refractivity contribution >= 4 is 11.8 Å². The Morgan fingerprint density at radius 3 is 2.93 bits per heavy atom. The van der Waals surface area contributed by atoms with E-state index in [-0.39, 0.29) is 0 Å². The van der Waals surface area contributed by atoms with Crippen molar-refractivity contribution in [1.82, 2.24) is 10.3 Å². The Bertz CT molecular complexity index is 342. The van der Waals surface area contributed by atoms with E-state index in [9.17, 15) is 0 Å².